The van der Waals surface area contributed by atoms with Crippen LogP contribution >= 0.6 is 34.5 Å². The maximum Gasteiger partial charge on any atom is 0.338 e. The number of allylic oxidation sites excluding steroid dienone is 1. The Balaban J connectivity index is 1.40. The first-order valence-electron chi connectivity index (χ1n) is 15.3. The molecule has 3 aromatic carbocycles. The first-order valence-corrected chi connectivity index (χ1v) is 16.9. The van der Waals surface area contributed by atoms with Crippen molar-refractivity contribution in [3.63, 3.8) is 0 Å². The minimum Gasteiger partial charge on any atom is -0.493 e. The zero-order valence-electron chi connectivity index (χ0n) is 27.2. The fourth-order valence-corrected chi connectivity index (χ4v) is 7.04. The van der Waals surface area contributed by atoms with Crippen LogP contribution in [0.2, 0.25) is 10.0 Å². The van der Waals surface area contributed by atoms with Gasteiger partial charge in [0.25, 0.3) is 11.2 Å². The number of hydrogen-bond acceptors (Lipinski definition) is 10. The largest absolute Gasteiger partial charge is 0.493 e. The Kier molecular flexibility index (Phi) is 9.96. The van der Waals surface area contributed by atoms with Gasteiger partial charge in [-0.05, 0) is 74.4 Å². The number of fused-ring (bicyclic) bond motifs is 1. The average Bonchev–Trinajstić information content (AvgIpc) is 3.68. The number of rotatable bonds is 10. The lowest BCUT2D eigenvalue weighted by atomic mass is 10.0. The second kappa shape index (κ2) is 14.4. The van der Waals surface area contributed by atoms with Gasteiger partial charge < -0.3 is 18.6 Å². The number of carbonyl (C=O) groups is 1. The van der Waals surface area contributed by atoms with Gasteiger partial charge in [0, 0.05) is 33.3 Å². The summed E-state index contributed by atoms with van der Waals surface area (Å²) in [6.07, 6.45) is 1.70. The molecule has 0 aliphatic carbocycles. The third kappa shape index (κ3) is 6.82. The van der Waals surface area contributed by atoms with Crippen molar-refractivity contribution in [1.29, 1.82) is 0 Å². The lowest BCUT2D eigenvalue weighted by Crippen LogP contribution is -2.39. The number of carbonyl (C=O) groups excluding carboxylic acids is 1. The Hall–Kier alpha value is -5.17. The lowest BCUT2D eigenvalue weighted by molar-refractivity contribution is -0.384. The van der Waals surface area contributed by atoms with Gasteiger partial charge >= 0.3 is 5.97 Å². The van der Waals surface area contributed by atoms with Gasteiger partial charge in [-0.3, -0.25) is 19.5 Å². The van der Waals surface area contributed by atoms with E-state index >= 15 is 0 Å². The van der Waals surface area contributed by atoms with Crippen molar-refractivity contribution < 1.29 is 28.3 Å². The molecule has 2 aromatic heterocycles. The smallest absolute Gasteiger partial charge is 0.338 e. The summed E-state index contributed by atoms with van der Waals surface area (Å²) in [5.41, 5.74) is 2.67. The molecule has 3 heterocycles. The van der Waals surface area contributed by atoms with Crippen LogP contribution < -0.4 is 24.4 Å². The normalized spacial score (nSPS) is 14.3. The number of nitrogens with zero attached hydrogens (tertiary/aromatic N) is 3. The molecule has 0 saturated carbocycles. The number of nitro groups is 1. The van der Waals surface area contributed by atoms with Gasteiger partial charge in [0.2, 0.25) is 0 Å². The molecule has 0 saturated heterocycles. The van der Waals surface area contributed by atoms with Crippen molar-refractivity contribution in [2.75, 3.05) is 13.7 Å². The summed E-state index contributed by atoms with van der Waals surface area (Å²) < 4.78 is 25.0. The van der Waals surface area contributed by atoms with E-state index in [0.29, 0.717) is 53.5 Å². The average molecular weight is 735 g/mol. The molecule has 0 N–H and O–H groups in total. The van der Waals surface area contributed by atoms with Crippen molar-refractivity contribution in [2.24, 2.45) is 4.99 Å². The Morgan fingerprint density at radius 2 is 1.88 bits per heavy atom. The van der Waals surface area contributed by atoms with Gasteiger partial charge in [0.05, 0.1) is 34.4 Å². The number of hydrogen-bond donors (Lipinski definition) is 0. The molecule has 0 fully saturated rings. The van der Waals surface area contributed by atoms with Crippen molar-refractivity contribution in [2.45, 2.75) is 33.4 Å². The fraction of sp³-hybridized carbons (Fsp3) is 0.194. The number of non-ortho nitro benzene ring substituents is 1. The molecule has 0 unspecified atom stereocenters. The van der Waals surface area contributed by atoms with Crippen molar-refractivity contribution in [3.05, 3.63) is 140 Å². The fourth-order valence-electron chi connectivity index (χ4n) is 5.53. The molecular formula is C36H29Cl2N3O8S. The van der Waals surface area contributed by atoms with E-state index in [-0.39, 0.29) is 30.2 Å². The maximum absolute atomic E-state index is 14.1. The van der Waals surface area contributed by atoms with Crippen LogP contribution in [-0.2, 0) is 16.1 Å². The third-order valence-electron chi connectivity index (χ3n) is 7.99. The molecule has 5 aromatic rings. The highest BCUT2D eigenvalue weighted by Crippen LogP contribution is 2.36. The molecule has 0 spiro atoms. The van der Waals surface area contributed by atoms with E-state index in [1.54, 1.807) is 81.4 Å². The van der Waals surface area contributed by atoms with Crippen LogP contribution in [0.15, 0.2) is 92.2 Å². The number of thiazole rings is 1. The first kappa shape index (κ1) is 34.7. The Bertz CT molecular complexity index is 2380. The second-order valence-corrected chi connectivity index (χ2v) is 13.0. The van der Waals surface area contributed by atoms with Crippen LogP contribution in [0.5, 0.6) is 11.5 Å². The molecular weight excluding hydrogens is 705 g/mol. The molecule has 6 rings (SSSR count). The summed E-state index contributed by atoms with van der Waals surface area (Å²) in [6, 6.07) is 17.2. The predicted octanol–water partition coefficient (Wildman–Crippen LogP) is 7.17. The van der Waals surface area contributed by atoms with E-state index in [9.17, 15) is 19.7 Å². The monoisotopic (exact) mass is 733 g/mol. The first-order chi connectivity index (χ1) is 24.0. The number of esters is 1. The topological polar surface area (TPSA) is 135 Å². The third-order valence-corrected chi connectivity index (χ3v) is 9.56. The van der Waals surface area contributed by atoms with E-state index in [2.05, 4.69) is 4.99 Å². The number of aromatic nitrogens is 1. The van der Waals surface area contributed by atoms with E-state index in [1.807, 2.05) is 0 Å². The minimum absolute atomic E-state index is 0.0957. The number of ether oxygens (including phenoxy) is 3. The van der Waals surface area contributed by atoms with E-state index < -0.39 is 22.5 Å². The van der Waals surface area contributed by atoms with Crippen LogP contribution in [0.4, 0.5) is 5.69 Å². The number of halogens is 2. The summed E-state index contributed by atoms with van der Waals surface area (Å²) in [5, 5.41) is 12.5. The van der Waals surface area contributed by atoms with Gasteiger partial charge in [-0.2, -0.15) is 0 Å². The van der Waals surface area contributed by atoms with E-state index in [4.69, 9.17) is 41.8 Å². The van der Waals surface area contributed by atoms with Crippen molar-refractivity contribution in [1.82, 2.24) is 4.57 Å². The summed E-state index contributed by atoms with van der Waals surface area (Å²) in [4.78, 5) is 43.4. The van der Waals surface area contributed by atoms with Gasteiger partial charge in [0.1, 0.15) is 24.2 Å². The standard InChI is InChI=1S/C36H29Cl2N3O8S/c1-5-47-35(43)32-20(3)39-36-40(33(32)29-13-12-27(49-29)25-17-24(41(44)45)10-6-19(25)2)34(42)31(50-36)15-21-7-11-28(30(14-21)46-4)48-18-22-8-9-23(37)16-26(22)38/h6-17,33H,5,18H2,1-4H3/b31-15-/t33-/m0/s1. The maximum atomic E-state index is 14.1. The number of methoxy groups -OCH3 is 1. The highest BCUT2D eigenvalue weighted by Gasteiger charge is 2.35. The molecule has 50 heavy (non-hydrogen) atoms. The van der Waals surface area contributed by atoms with Crippen LogP contribution in [0, 0.1) is 17.0 Å². The molecule has 1 atom stereocenters. The molecule has 1 aliphatic heterocycles. The minimum atomic E-state index is -1.01. The highest BCUT2D eigenvalue weighted by molar-refractivity contribution is 7.07. The summed E-state index contributed by atoms with van der Waals surface area (Å²) in [7, 11) is 1.52. The molecule has 0 bridgehead atoms. The summed E-state index contributed by atoms with van der Waals surface area (Å²) in [6.45, 7) is 5.46. The number of nitro benzene ring substituents is 1. The molecule has 11 nitrogen and oxygen atoms in total. The van der Waals surface area contributed by atoms with Crippen LogP contribution in [0.25, 0.3) is 17.4 Å². The number of benzene rings is 3. The van der Waals surface area contributed by atoms with Gasteiger partial charge in [-0.25, -0.2) is 9.79 Å². The predicted molar refractivity (Wildman–Crippen MR) is 190 cm³/mol. The van der Waals surface area contributed by atoms with Crippen LogP contribution in [0.1, 0.15) is 42.3 Å². The van der Waals surface area contributed by atoms with E-state index in [1.165, 1.54) is 23.8 Å². The van der Waals surface area contributed by atoms with Crippen molar-refractivity contribution in [3.8, 4) is 22.8 Å². The number of furan rings is 1. The molecule has 0 radical (unpaired) electrons. The van der Waals surface area contributed by atoms with Crippen LogP contribution in [0.3, 0.4) is 0 Å². The van der Waals surface area contributed by atoms with Crippen molar-refractivity contribution >= 4 is 52.3 Å². The summed E-state index contributed by atoms with van der Waals surface area (Å²) >= 11 is 13.5. The SMILES string of the molecule is CCOC(=O)C1=C(C)N=c2s/c(=C\c3ccc(OCc4ccc(Cl)cc4Cl)c(OC)c3)c(=O)n2[C@H]1c1ccc(-c2cc([N+](=O)[O-])ccc2C)o1. The quantitative estimate of drug-likeness (QED) is 0.0838. The Labute approximate surface area is 299 Å². The second-order valence-electron chi connectivity index (χ2n) is 11.2. The van der Waals surface area contributed by atoms with Gasteiger partial charge in [0.15, 0.2) is 16.3 Å². The molecule has 256 valence electrons. The highest BCUT2D eigenvalue weighted by atomic mass is 35.5. The Morgan fingerprint density at radius 3 is 2.60 bits per heavy atom. The van der Waals surface area contributed by atoms with Crippen LogP contribution in [-0.4, -0.2) is 29.2 Å². The molecule has 0 amide bonds. The lowest BCUT2D eigenvalue weighted by Gasteiger charge is -2.22. The molecule has 1 aliphatic rings. The number of aryl methyl sites for hydroxylation is 1. The van der Waals surface area contributed by atoms with E-state index in [0.717, 1.165) is 22.5 Å². The zero-order valence-corrected chi connectivity index (χ0v) is 29.5. The molecule has 14 heteroatoms. The van der Waals surface area contributed by atoms with Gasteiger partial charge in [-0.1, -0.05) is 52.7 Å². The summed E-state index contributed by atoms with van der Waals surface area (Å²) in [5.74, 6) is 0.875. The zero-order chi connectivity index (χ0) is 35.7. The van der Waals surface area contributed by atoms with Gasteiger partial charge in [-0.15, -0.1) is 0 Å². The Morgan fingerprint density at radius 1 is 1.08 bits per heavy atom.